The zero-order valence-corrected chi connectivity index (χ0v) is 13.5. The van der Waals surface area contributed by atoms with Gasteiger partial charge in [0.25, 0.3) is 0 Å². The van der Waals surface area contributed by atoms with Crippen molar-refractivity contribution in [1.29, 1.82) is 0 Å². The van der Waals surface area contributed by atoms with Gasteiger partial charge in [-0.15, -0.1) is 0 Å². The van der Waals surface area contributed by atoms with E-state index in [4.69, 9.17) is 0 Å². The molecule has 0 atom stereocenters. The summed E-state index contributed by atoms with van der Waals surface area (Å²) >= 11 is 0. The Morgan fingerprint density at radius 2 is 1.71 bits per heavy atom. The van der Waals surface area contributed by atoms with Crippen molar-refractivity contribution in [3.05, 3.63) is 66.0 Å². The van der Waals surface area contributed by atoms with Crippen LogP contribution in [0, 0.1) is 5.82 Å². The third kappa shape index (κ3) is 4.11. The van der Waals surface area contributed by atoms with Crippen LogP contribution < -0.4 is 10.6 Å². The molecule has 1 aliphatic heterocycles. The first kappa shape index (κ1) is 16.5. The third-order valence-electron chi connectivity index (χ3n) is 4.52. The molecule has 0 aliphatic carbocycles. The maximum atomic E-state index is 13.1. The van der Waals surface area contributed by atoms with Crippen molar-refractivity contribution in [2.75, 3.05) is 18.4 Å². The van der Waals surface area contributed by atoms with Crippen LogP contribution in [0.3, 0.4) is 0 Å². The topological polar surface area (TPSA) is 44.4 Å². The van der Waals surface area contributed by atoms with Crippen LogP contribution in [0.25, 0.3) is 0 Å². The summed E-state index contributed by atoms with van der Waals surface area (Å²) in [5.41, 5.74) is 1.62. The van der Waals surface area contributed by atoms with Crippen molar-refractivity contribution < 1.29 is 9.18 Å². The standard InChI is InChI=1S/C19H22FN3O/c20-17-6-8-18(9-7-17)22-19(21-15-24)10-12-23(13-11-19)14-16-4-2-1-3-5-16/h1-9,15,22H,10-14H2,(H,21,24). The Labute approximate surface area is 141 Å². The number of halogens is 1. The summed E-state index contributed by atoms with van der Waals surface area (Å²) in [6, 6.07) is 16.6. The van der Waals surface area contributed by atoms with Crippen LogP contribution in [0.5, 0.6) is 0 Å². The van der Waals surface area contributed by atoms with Crippen molar-refractivity contribution in [3.8, 4) is 0 Å². The van der Waals surface area contributed by atoms with Crippen molar-refractivity contribution in [2.24, 2.45) is 0 Å². The van der Waals surface area contributed by atoms with Gasteiger partial charge in [-0.05, 0) is 29.8 Å². The predicted molar refractivity (Wildman–Crippen MR) is 92.9 cm³/mol. The van der Waals surface area contributed by atoms with Gasteiger partial charge in [-0.3, -0.25) is 9.69 Å². The summed E-state index contributed by atoms with van der Waals surface area (Å²) < 4.78 is 13.1. The lowest BCUT2D eigenvalue weighted by atomic mass is 9.95. The van der Waals surface area contributed by atoms with Gasteiger partial charge in [-0.25, -0.2) is 4.39 Å². The van der Waals surface area contributed by atoms with E-state index < -0.39 is 5.66 Å². The largest absolute Gasteiger partial charge is 0.363 e. The first-order valence-corrected chi connectivity index (χ1v) is 8.20. The number of nitrogens with zero attached hydrogens (tertiary/aromatic N) is 1. The van der Waals surface area contributed by atoms with E-state index >= 15 is 0 Å². The molecule has 1 aliphatic rings. The second kappa shape index (κ2) is 7.45. The highest BCUT2D eigenvalue weighted by Gasteiger charge is 2.34. The fourth-order valence-corrected chi connectivity index (χ4v) is 3.16. The van der Waals surface area contributed by atoms with Gasteiger partial charge in [-0.1, -0.05) is 30.3 Å². The first-order chi connectivity index (χ1) is 11.7. The highest BCUT2D eigenvalue weighted by molar-refractivity contribution is 5.52. The van der Waals surface area contributed by atoms with Crippen LogP contribution in [-0.2, 0) is 11.3 Å². The smallest absolute Gasteiger partial charge is 0.208 e. The Kier molecular flexibility index (Phi) is 5.11. The van der Waals surface area contributed by atoms with Crippen molar-refractivity contribution in [3.63, 3.8) is 0 Å². The second-order valence-corrected chi connectivity index (χ2v) is 6.24. The number of hydrogen-bond acceptors (Lipinski definition) is 3. The molecule has 0 unspecified atom stereocenters. The van der Waals surface area contributed by atoms with Gasteiger partial charge < -0.3 is 10.6 Å². The summed E-state index contributed by atoms with van der Waals surface area (Å²) in [6.07, 6.45) is 2.31. The average Bonchev–Trinajstić information content (AvgIpc) is 2.60. The number of carbonyl (C=O) groups is 1. The van der Waals surface area contributed by atoms with Crippen LogP contribution >= 0.6 is 0 Å². The summed E-state index contributed by atoms with van der Waals surface area (Å²) in [5, 5.41) is 6.30. The van der Waals surface area contributed by atoms with Gasteiger partial charge >= 0.3 is 0 Å². The molecule has 3 rings (SSSR count). The summed E-state index contributed by atoms with van der Waals surface area (Å²) in [7, 11) is 0. The average molecular weight is 327 g/mol. The van der Waals surface area contributed by atoms with Crippen LogP contribution in [0.15, 0.2) is 54.6 Å². The highest BCUT2D eigenvalue weighted by Crippen LogP contribution is 2.25. The lowest BCUT2D eigenvalue weighted by Gasteiger charge is -2.42. The van der Waals surface area contributed by atoms with Gasteiger partial charge in [0.2, 0.25) is 6.41 Å². The summed E-state index contributed by atoms with van der Waals surface area (Å²) in [6.45, 7) is 2.67. The van der Waals surface area contributed by atoms with E-state index in [1.54, 1.807) is 12.1 Å². The summed E-state index contributed by atoms with van der Waals surface area (Å²) in [4.78, 5) is 13.5. The molecule has 1 fully saturated rings. The lowest BCUT2D eigenvalue weighted by Crippen LogP contribution is -2.57. The lowest BCUT2D eigenvalue weighted by molar-refractivity contribution is -0.111. The van der Waals surface area contributed by atoms with E-state index in [1.165, 1.54) is 17.7 Å². The predicted octanol–water partition coefficient (Wildman–Crippen LogP) is 2.98. The molecular weight excluding hydrogens is 305 g/mol. The van der Waals surface area contributed by atoms with Gasteiger partial charge in [0, 0.05) is 38.2 Å². The fourth-order valence-electron chi connectivity index (χ4n) is 3.16. The maximum absolute atomic E-state index is 13.1. The number of piperidine rings is 1. The molecule has 0 radical (unpaired) electrons. The summed E-state index contributed by atoms with van der Waals surface area (Å²) in [5.74, 6) is -0.268. The van der Waals surface area contributed by atoms with E-state index in [1.807, 2.05) is 18.2 Å². The molecule has 2 aromatic carbocycles. The minimum Gasteiger partial charge on any atom is -0.363 e. The molecule has 5 heteroatoms. The Bertz CT molecular complexity index is 652. The molecule has 126 valence electrons. The number of benzene rings is 2. The molecule has 2 N–H and O–H groups in total. The number of likely N-dealkylation sites (tertiary alicyclic amines) is 1. The van der Waals surface area contributed by atoms with Gasteiger partial charge in [0.15, 0.2) is 0 Å². The molecule has 0 spiro atoms. The number of nitrogens with one attached hydrogen (secondary N) is 2. The SMILES string of the molecule is O=CNC1(Nc2ccc(F)cc2)CCN(Cc2ccccc2)CC1. The molecule has 1 saturated heterocycles. The minimum atomic E-state index is -0.479. The normalized spacial score (nSPS) is 17.2. The molecular formula is C19H22FN3O. The molecule has 0 bridgehead atoms. The second-order valence-electron chi connectivity index (χ2n) is 6.24. The van der Waals surface area contributed by atoms with Crippen LogP contribution in [0.4, 0.5) is 10.1 Å². The van der Waals surface area contributed by atoms with Crippen molar-refractivity contribution in [2.45, 2.75) is 25.0 Å². The van der Waals surface area contributed by atoms with Gasteiger partial charge in [-0.2, -0.15) is 0 Å². The molecule has 0 aromatic heterocycles. The number of hydrogen-bond donors (Lipinski definition) is 2. The first-order valence-electron chi connectivity index (χ1n) is 8.20. The fraction of sp³-hybridized carbons (Fsp3) is 0.316. The third-order valence-corrected chi connectivity index (χ3v) is 4.52. The monoisotopic (exact) mass is 327 g/mol. The van der Waals surface area contributed by atoms with E-state index in [2.05, 4.69) is 27.7 Å². The van der Waals surface area contributed by atoms with Crippen LogP contribution in [-0.4, -0.2) is 30.1 Å². The Balaban J connectivity index is 1.63. The number of rotatable bonds is 6. The van der Waals surface area contributed by atoms with E-state index in [-0.39, 0.29) is 5.82 Å². The molecule has 1 amide bonds. The van der Waals surface area contributed by atoms with E-state index in [9.17, 15) is 9.18 Å². The van der Waals surface area contributed by atoms with Crippen LogP contribution in [0.1, 0.15) is 18.4 Å². The van der Waals surface area contributed by atoms with E-state index in [0.29, 0.717) is 0 Å². The number of carbonyl (C=O) groups excluding carboxylic acids is 1. The van der Waals surface area contributed by atoms with Gasteiger partial charge in [0.05, 0.1) is 0 Å². The van der Waals surface area contributed by atoms with Crippen molar-refractivity contribution >= 4 is 12.1 Å². The number of amides is 1. The quantitative estimate of drug-likeness (QED) is 0.633. The molecule has 1 heterocycles. The van der Waals surface area contributed by atoms with E-state index in [0.717, 1.165) is 44.6 Å². The molecule has 0 saturated carbocycles. The number of anilines is 1. The zero-order chi connectivity index (χ0) is 16.8. The Hall–Kier alpha value is -2.40. The van der Waals surface area contributed by atoms with Crippen molar-refractivity contribution in [1.82, 2.24) is 10.2 Å². The Morgan fingerprint density at radius 1 is 1.04 bits per heavy atom. The van der Waals surface area contributed by atoms with Crippen LogP contribution in [0.2, 0.25) is 0 Å². The van der Waals surface area contributed by atoms with Gasteiger partial charge in [0.1, 0.15) is 11.5 Å². The highest BCUT2D eigenvalue weighted by atomic mass is 19.1. The minimum absolute atomic E-state index is 0.268. The Morgan fingerprint density at radius 3 is 2.33 bits per heavy atom. The molecule has 24 heavy (non-hydrogen) atoms. The maximum Gasteiger partial charge on any atom is 0.208 e. The zero-order valence-electron chi connectivity index (χ0n) is 13.5. The molecule has 2 aromatic rings. The molecule has 4 nitrogen and oxygen atoms in total.